The molecule has 1 fully saturated rings. The van der Waals surface area contributed by atoms with E-state index in [4.69, 9.17) is 9.47 Å². The minimum Gasteiger partial charge on any atom is -0.494 e. The first-order chi connectivity index (χ1) is 10.2. The molecule has 5 heteroatoms. The highest BCUT2D eigenvalue weighted by Gasteiger charge is 2.27. The SMILES string of the molecule is CCCOC[C@@H]1CCN(C(=O)c2ccc(F)c(OC)c2)C1. The molecule has 2 rings (SSSR count). The Kier molecular flexibility index (Phi) is 5.56. The van der Waals surface area contributed by atoms with E-state index < -0.39 is 5.82 Å². The second-order valence-electron chi connectivity index (χ2n) is 5.33. The van der Waals surface area contributed by atoms with Crippen LogP contribution < -0.4 is 4.74 Å². The molecule has 116 valence electrons. The average molecular weight is 295 g/mol. The van der Waals surface area contributed by atoms with Gasteiger partial charge in [0.1, 0.15) is 0 Å². The lowest BCUT2D eigenvalue weighted by atomic mass is 10.1. The van der Waals surface area contributed by atoms with Gasteiger partial charge in [-0.05, 0) is 31.0 Å². The Morgan fingerprint density at radius 3 is 3.00 bits per heavy atom. The normalized spacial score (nSPS) is 18.0. The maximum atomic E-state index is 13.4. The molecule has 1 atom stereocenters. The van der Waals surface area contributed by atoms with Crippen LogP contribution in [0.1, 0.15) is 30.1 Å². The van der Waals surface area contributed by atoms with Crippen LogP contribution in [-0.2, 0) is 4.74 Å². The first-order valence-corrected chi connectivity index (χ1v) is 7.36. The Morgan fingerprint density at radius 1 is 1.48 bits per heavy atom. The summed E-state index contributed by atoms with van der Waals surface area (Å²) in [4.78, 5) is 14.2. The van der Waals surface area contributed by atoms with Crippen molar-refractivity contribution in [1.29, 1.82) is 0 Å². The number of amides is 1. The van der Waals surface area contributed by atoms with Crippen LogP contribution in [0.15, 0.2) is 18.2 Å². The molecule has 0 saturated carbocycles. The van der Waals surface area contributed by atoms with E-state index in [9.17, 15) is 9.18 Å². The Balaban J connectivity index is 1.95. The van der Waals surface area contributed by atoms with E-state index in [0.29, 0.717) is 24.6 Å². The van der Waals surface area contributed by atoms with Gasteiger partial charge in [0.15, 0.2) is 11.6 Å². The third-order valence-electron chi connectivity index (χ3n) is 3.67. The largest absolute Gasteiger partial charge is 0.494 e. The summed E-state index contributed by atoms with van der Waals surface area (Å²) in [5.41, 5.74) is 0.461. The number of ether oxygens (including phenoxy) is 2. The number of rotatable bonds is 6. The predicted molar refractivity (Wildman–Crippen MR) is 78.1 cm³/mol. The van der Waals surface area contributed by atoms with Crippen molar-refractivity contribution in [2.24, 2.45) is 5.92 Å². The van der Waals surface area contributed by atoms with Crippen molar-refractivity contribution in [2.45, 2.75) is 19.8 Å². The van der Waals surface area contributed by atoms with Crippen molar-refractivity contribution >= 4 is 5.91 Å². The molecule has 4 nitrogen and oxygen atoms in total. The van der Waals surface area contributed by atoms with E-state index in [1.807, 2.05) is 0 Å². The van der Waals surface area contributed by atoms with Gasteiger partial charge in [-0.3, -0.25) is 4.79 Å². The van der Waals surface area contributed by atoms with Gasteiger partial charge in [-0.2, -0.15) is 0 Å². The number of benzene rings is 1. The topological polar surface area (TPSA) is 38.8 Å². The standard InChI is InChI=1S/C16H22FNO3/c1-3-8-21-11-12-6-7-18(10-12)16(19)13-4-5-14(17)15(9-13)20-2/h4-5,9,12H,3,6-8,10-11H2,1-2H3/t12-/m1/s1. The van der Waals surface area contributed by atoms with Gasteiger partial charge in [-0.25, -0.2) is 4.39 Å². The number of halogens is 1. The van der Waals surface area contributed by atoms with E-state index in [1.54, 1.807) is 4.90 Å². The lowest BCUT2D eigenvalue weighted by molar-refractivity contribution is 0.0754. The minimum atomic E-state index is -0.457. The Labute approximate surface area is 124 Å². The summed E-state index contributed by atoms with van der Waals surface area (Å²) in [6.07, 6.45) is 1.96. The van der Waals surface area contributed by atoms with Crippen LogP contribution in [0.3, 0.4) is 0 Å². The van der Waals surface area contributed by atoms with Gasteiger partial charge >= 0.3 is 0 Å². The molecule has 1 aliphatic rings. The first kappa shape index (κ1) is 15.8. The number of likely N-dealkylation sites (tertiary alicyclic amines) is 1. The van der Waals surface area contributed by atoms with E-state index in [0.717, 1.165) is 26.0 Å². The van der Waals surface area contributed by atoms with Crippen molar-refractivity contribution in [2.75, 3.05) is 33.4 Å². The van der Waals surface area contributed by atoms with Crippen molar-refractivity contribution in [3.63, 3.8) is 0 Å². The summed E-state index contributed by atoms with van der Waals surface area (Å²) >= 11 is 0. The molecule has 0 N–H and O–H groups in total. The molecule has 1 saturated heterocycles. The quantitative estimate of drug-likeness (QED) is 0.757. The van der Waals surface area contributed by atoms with E-state index in [1.165, 1.54) is 25.3 Å². The van der Waals surface area contributed by atoms with Crippen molar-refractivity contribution in [3.8, 4) is 5.75 Å². The third-order valence-corrected chi connectivity index (χ3v) is 3.67. The second-order valence-corrected chi connectivity index (χ2v) is 5.33. The third kappa shape index (κ3) is 3.94. The van der Waals surface area contributed by atoms with Gasteiger partial charge in [0.2, 0.25) is 0 Å². The Morgan fingerprint density at radius 2 is 2.29 bits per heavy atom. The number of hydrogen-bond acceptors (Lipinski definition) is 3. The zero-order valence-electron chi connectivity index (χ0n) is 12.6. The molecule has 1 amide bonds. The zero-order valence-corrected chi connectivity index (χ0v) is 12.6. The van der Waals surface area contributed by atoms with Gasteiger partial charge in [-0.15, -0.1) is 0 Å². The fourth-order valence-electron chi connectivity index (χ4n) is 2.52. The van der Waals surface area contributed by atoms with Crippen LogP contribution >= 0.6 is 0 Å². The Bertz CT molecular complexity index is 492. The molecule has 0 radical (unpaired) electrons. The van der Waals surface area contributed by atoms with E-state index in [2.05, 4.69) is 6.92 Å². The summed E-state index contributed by atoms with van der Waals surface area (Å²) in [6, 6.07) is 4.23. The molecule has 1 heterocycles. The number of methoxy groups -OCH3 is 1. The molecule has 1 aromatic rings. The highest BCUT2D eigenvalue weighted by molar-refractivity contribution is 5.94. The molecular formula is C16H22FNO3. The summed E-state index contributed by atoms with van der Waals surface area (Å²) in [5.74, 6) is -0.0432. The van der Waals surface area contributed by atoms with Crippen LogP contribution in [-0.4, -0.2) is 44.2 Å². The van der Waals surface area contributed by atoms with E-state index in [-0.39, 0.29) is 11.7 Å². The summed E-state index contributed by atoms with van der Waals surface area (Å²) in [6.45, 7) is 4.96. The highest BCUT2D eigenvalue weighted by Crippen LogP contribution is 2.23. The molecule has 1 aliphatic heterocycles. The van der Waals surface area contributed by atoms with Crippen LogP contribution in [0.25, 0.3) is 0 Å². The van der Waals surface area contributed by atoms with Gasteiger partial charge in [-0.1, -0.05) is 6.92 Å². The lowest BCUT2D eigenvalue weighted by Gasteiger charge is -2.17. The maximum absolute atomic E-state index is 13.4. The summed E-state index contributed by atoms with van der Waals surface area (Å²) in [7, 11) is 1.39. The molecular weight excluding hydrogens is 273 g/mol. The fourth-order valence-corrected chi connectivity index (χ4v) is 2.52. The van der Waals surface area contributed by atoms with Gasteiger partial charge < -0.3 is 14.4 Å². The molecule has 1 aromatic carbocycles. The number of carbonyl (C=O) groups excluding carboxylic acids is 1. The molecule has 21 heavy (non-hydrogen) atoms. The zero-order chi connectivity index (χ0) is 15.2. The fraction of sp³-hybridized carbons (Fsp3) is 0.562. The van der Waals surface area contributed by atoms with Crippen molar-refractivity contribution in [3.05, 3.63) is 29.6 Å². The molecule has 0 aromatic heterocycles. The smallest absolute Gasteiger partial charge is 0.254 e. The molecule has 0 spiro atoms. The van der Waals surface area contributed by atoms with Crippen LogP contribution in [0.4, 0.5) is 4.39 Å². The lowest BCUT2D eigenvalue weighted by Crippen LogP contribution is -2.29. The predicted octanol–water partition coefficient (Wildman–Crippen LogP) is 2.72. The van der Waals surface area contributed by atoms with Crippen LogP contribution in [0.2, 0.25) is 0 Å². The minimum absolute atomic E-state index is 0.0775. The molecule has 0 unspecified atom stereocenters. The van der Waals surface area contributed by atoms with Crippen LogP contribution in [0.5, 0.6) is 5.75 Å². The molecule has 0 aliphatic carbocycles. The van der Waals surface area contributed by atoms with Crippen molar-refractivity contribution in [1.82, 2.24) is 4.90 Å². The van der Waals surface area contributed by atoms with Gasteiger partial charge in [0.05, 0.1) is 13.7 Å². The average Bonchev–Trinajstić information content (AvgIpc) is 2.96. The monoisotopic (exact) mass is 295 g/mol. The van der Waals surface area contributed by atoms with Crippen molar-refractivity contribution < 1.29 is 18.7 Å². The number of nitrogens with zero attached hydrogens (tertiary/aromatic N) is 1. The first-order valence-electron chi connectivity index (χ1n) is 7.36. The highest BCUT2D eigenvalue weighted by atomic mass is 19.1. The maximum Gasteiger partial charge on any atom is 0.254 e. The number of carbonyl (C=O) groups is 1. The number of hydrogen-bond donors (Lipinski definition) is 0. The molecule has 0 bridgehead atoms. The van der Waals surface area contributed by atoms with Gasteiger partial charge in [0.25, 0.3) is 5.91 Å². The second kappa shape index (κ2) is 7.41. The van der Waals surface area contributed by atoms with Gasteiger partial charge in [0, 0.05) is 31.2 Å². The summed E-state index contributed by atoms with van der Waals surface area (Å²) < 4.78 is 23.8. The van der Waals surface area contributed by atoms with E-state index >= 15 is 0 Å². The summed E-state index contributed by atoms with van der Waals surface area (Å²) in [5, 5.41) is 0. The Hall–Kier alpha value is -1.62. The van der Waals surface area contributed by atoms with Crippen LogP contribution in [0, 0.1) is 11.7 Å².